The number of hydrogen-bond acceptors (Lipinski definition) is 4. The van der Waals surface area contributed by atoms with E-state index in [1.54, 1.807) is 6.20 Å². The molecule has 2 amide bonds. The van der Waals surface area contributed by atoms with Crippen LogP contribution < -0.4 is 20.3 Å². The van der Waals surface area contributed by atoms with Gasteiger partial charge in [0.05, 0.1) is 6.10 Å². The molecule has 144 valence electrons. The molecular formula is C21H28N4O2. The molecule has 1 aromatic carbocycles. The zero-order valence-electron chi connectivity index (χ0n) is 16.1. The molecule has 6 nitrogen and oxygen atoms in total. The lowest BCUT2D eigenvalue weighted by Gasteiger charge is -2.17. The molecule has 1 aliphatic rings. The lowest BCUT2D eigenvalue weighted by molar-refractivity contribution is 0.232. The summed E-state index contributed by atoms with van der Waals surface area (Å²) >= 11 is 0. The molecule has 0 bridgehead atoms. The van der Waals surface area contributed by atoms with Crippen LogP contribution in [-0.4, -0.2) is 30.2 Å². The predicted octanol–water partition coefficient (Wildman–Crippen LogP) is 3.47. The summed E-state index contributed by atoms with van der Waals surface area (Å²) in [6.45, 7) is 7.13. The fourth-order valence-corrected chi connectivity index (χ4v) is 3.05. The van der Waals surface area contributed by atoms with Gasteiger partial charge in [-0.2, -0.15) is 0 Å². The SMILES string of the molecule is CC(C)Oc1ccc(CNC(=O)NCc2ccc(N3CCCC3)cc2)cn1. The average Bonchev–Trinajstić information content (AvgIpc) is 3.20. The molecule has 0 radical (unpaired) electrons. The predicted molar refractivity (Wildman–Crippen MR) is 107 cm³/mol. The van der Waals surface area contributed by atoms with Crippen LogP contribution in [0.1, 0.15) is 37.8 Å². The van der Waals surface area contributed by atoms with Crippen LogP contribution in [-0.2, 0) is 13.1 Å². The second-order valence-corrected chi connectivity index (χ2v) is 7.07. The van der Waals surface area contributed by atoms with Gasteiger partial charge in [0.15, 0.2) is 0 Å². The molecule has 0 unspecified atom stereocenters. The van der Waals surface area contributed by atoms with E-state index >= 15 is 0 Å². The minimum Gasteiger partial charge on any atom is -0.475 e. The van der Waals surface area contributed by atoms with Crippen molar-refractivity contribution in [2.24, 2.45) is 0 Å². The normalized spacial score (nSPS) is 13.7. The van der Waals surface area contributed by atoms with Crippen LogP contribution in [0.25, 0.3) is 0 Å². The first kappa shape index (κ1) is 19.0. The van der Waals surface area contributed by atoms with E-state index in [2.05, 4.69) is 44.8 Å². The lowest BCUT2D eigenvalue weighted by Crippen LogP contribution is -2.34. The summed E-state index contributed by atoms with van der Waals surface area (Å²) in [6, 6.07) is 11.9. The first-order valence-corrected chi connectivity index (χ1v) is 9.57. The van der Waals surface area contributed by atoms with Crippen molar-refractivity contribution in [1.29, 1.82) is 0 Å². The van der Waals surface area contributed by atoms with Gasteiger partial charge >= 0.3 is 6.03 Å². The van der Waals surface area contributed by atoms with E-state index in [-0.39, 0.29) is 12.1 Å². The van der Waals surface area contributed by atoms with Crippen LogP contribution in [0.3, 0.4) is 0 Å². The van der Waals surface area contributed by atoms with Crippen molar-refractivity contribution in [3.8, 4) is 5.88 Å². The first-order chi connectivity index (χ1) is 13.1. The summed E-state index contributed by atoms with van der Waals surface area (Å²) in [5.74, 6) is 0.593. The molecule has 1 aromatic heterocycles. The number of pyridine rings is 1. The maximum atomic E-state index is 12.0. The van der Waals surface area contributed by atoms with Gasteiger partial charge in [-0.05, 0) is 49.9 Å². The molecule has 0 atom stereocenters. The summed E-state index contributed by atoms with van der Waals surface area (Å²) in [7, 11) is 0. The summed E-state index contributed by atoms with van der Waals surface area (Å²) in [6.07, 6.45) is 4.35. The standard InChI is InChI=1S/C21H28N4O2/c1-16(2)27-20-10-7-18(14-22-20)15-24-21(26)23-13-17-5-8-19(9-6-17)25-11-3-4-12-25/h5-10,14,16H,3-4,11-13,15H2,1-2H3,(H2,23,24,26). The summed E-state index contributed by atoms with van der Waals surface area (Å²) in [5, 5.41) is 5.73. The van der Waals surface area contributed by atoms with Crippen LogP contribution in [0.5, 0.6) is 5.88 Å². The Morgan fingerprint density at radius 2 is 1.67 bits per heavy atom. The lowest BCUT2D eigenvalue weighted by atomic mass is 10.2. The van der Waals surface area contributed by atoms with Gasteiger partial charge in [-0.1, -0.05) is 18.2 Å². The van der Waals surface area contributed by atoms with Gasteiger partial charge in [-0.15, -0.1) is 0 Å². The summed E-state index contributed by atoms with van der Waals surface area (Å²) < 4.78 is 5.51. The Kier molecular flexibility index (Phi) is 6.52. The molecule has 1 saturated heterocycles. The number of anilines is 1. The van der Waals surface area contributed by atoms with Crippen LogP contribution in [0.15, 0.2) is 42.6 Å². The number of benzene rings is 1. The number of carbonyl (C=O) groups is 1. The average molecular weight is 368 g/mol. The van der Waals surface area contributed by atoms with E-state index in [1.807, 2.05) is 26.0 Å². The third-order valence-electron chi connectivity index (χ3n) is 4.47. The van der Waals surface area contributed by atoms with Gasteiger partial charge in [-0.3, -0.25) is 0 Å². The second kappa shape index (κ2) is 9.26. The number of carbonyl (C=O) groups excluding carboxylic acids is 1. The maximum Gasteiger partial charge on any atom is 0.315 e. The Balaban J connectivity index is 1.40. The van der Waals surface area contributed by atoms with E-state index in [0.29, 0.717) is 19.0 Å². The molecule has 1 fully saturated rings. The number of aromatic nitrogens is 1. The Hall–Kier alpha value is -2.76. The zero-order valence-corrected chi connectivity index (χ0v) is 16.1. The van der Waals surface area contributed by atoms with Crippen LogP contribution in [0.2, 0.25) is 0 Å². The summed E-state index contributed by atoms with van der Waals surface area (Å²) in [5.41, 5.74) is 3.28. The zero-order chi connectivity index (χ0) is 19.1. The van der Waals surface area contributed by atoms with Crippen molar-refractivity contribution in [3.05, 3.63) is 53.7 Å². The minimum absolute atomic E-state index is 0.0941. The van der Waals surface area contributed by atoms with Gasteiger partial charge < -0.3 is 20.3 Å². The first-order valence-electron chi connectivity index (χ1n) is 9.57. The highest BCUT2D eigenvalue weighted by Crippen LogP contribution is 2.20. The van der Waals surface area contributed by atoms with Crippen LogP contribution >= 0.6 is 0 Å². The Bertz CT molecular complexity index is 723. The number of nitrogens with zero attached hydrogens (tertiary/aromatic N) is 2. The molecule has 0 saturated carbocycles. The number of ether oxygens (including phenoxy) is 1. The number of urea groups is 1. The minimum atomic E-state index is -0.193. The van der Waals surface area contributed by atoms with Crippen molar-refractivity contribution in [2.75, 3.05) is 18.0 Å². The van der Waals surface area contributed by atoms with Gasteiger partial charge in [0.25, 0.3) is 0 Å². The molecule has 3 rings (SSSR count). The van der Waals surface area contributed by atoms with Crippen LogP contribution in [0.4, 0.5) is 10.5 Å². The number of amides is 2. The molecule has 27 heavy (non-hydrogen) atoms. The van der Waals surface area contributed by atoms with E-state index in [0.717, 1.165) is 24.2 Å². The van der Waals surface area contributed by atoms with Crippen molar-refractivity contribution < 1.29 is 9.53 Å². The number of nitrogens with one attached hydrogen (secondary N) is 2. The monoisotopic (exact) mass is 368 g/mol. The van der Waals surface area contributed by atoms with Gasteiger partial charge in [0, 0.05) is 44.1 Å². The van der Waals surface area contributed by atoms with Gasteiger partial charge in [0.2, 0.25) is 5.88 Å². The molecule has 2 heterocycles. The molecule has 0 aliphatic carbocycles. The smallest absolute Gasteiger partial charge is 0.315 e. The molecule has 2 N–H and O–H groups in total. The van der Waals surface area contributed by atoms with Crippen molar-refractivity contribution in [2.45, 2.75) is 45.9 Å². The highest BCUT2D eigenvalue weighted by atomic mass is 16.5. The van der Waals surface area contributed by atoms with Gasteiger partial charge in [-0.25, -0.2) is 9.78 Å². The number of hydrogen-bond donors (Lipinski definition) is 2. The van der Waals surface area contributed by atoms with E-state index in [1.165, 1.54) is 18.5 Å². The Morgan fingerprint density at radius 3 is 2.26 bits per heavy atom. The topological polar surface area (TPSA) is 66.5 Å². The highest BCUT2D eigenvalue weighted by molar-refractivity contribution is 5.73. The molecule has 0 spiro atoms. The van der Waals surface area contributed by atoms with E-state index < -0.39 is 0 Å². The Morgan fingerprint density at radius 1 is 1.04 bits per heavy atom. The molecule has 2 aromatic rings. The van der Waals surface area contributed by atoms with Gasteiger partial charge in [0.1, 0.15) is 0 Å². The fourth-order valence-electron chi connectivity index (χ4n) is 3.05. The molecule has 1 aliphatic heterocycles. The molecular weight excluding hydrogens is 340 g/mol. The fraction of sp³-hybridized carbons (Fsp3) is 0.429. The largest absolute Gasteiger partial charge is 0.475 e. The maximum absolute atomic E-state index is 12.0. The summed E-state index contributed by atoms with van der Waals surface area (Å²) in [4.78, 5) is 18.6. The van der Waals surface area contributed by atoms with Crippen molar-refractivity contribution >= 4 is 11.7 Å². The van der Waals surface area contributed by atoms with Crippen LogP contribution in [0, 0.1) is 0 Å². The van der Waals surface area contributed by atoms with Crippen molar-refractivity contribution in [3.63, 3.8) is 0 Å². The second-order valence-electron chi connectivity index (χ2n) is 7.07. The third-order valence-corrected chi connectivity index (χ3v) is 4.47. The van der Waals surface area contributed by atoms with Crippen molar-refractivity contribution in [1.82, 2.24) is 15.6 Å². The van der Waals surface area contributed by atoms with E-state index in [9.17, 15) is 4.79 Å². The molecule has 6 heteroatoms. The Labute approximate surface area is 160 Å². The van der Waals surface area contributed by atoms with E-state index in [4.69, 9.17) is 4.74 Å². The third kappa shape index (κ3) is 5.88. The quantitative estimate of drug-likeness (QED) is 0.785. The number of rotatable bonds is 7. The highest BCUT2D eigenvalue weighted by Gasteiger charge is 2.11.